The minimum absolute atomic E-state index is 0.0586. The highest BCUT2D eigenvalue weighted by Gasteiger charge is 2.60. The molecule has 0 radical (unpaired) electrons. The van der Waals surface area contributed by atoms with Crippen LogP contribution in [0.4, 0.5) is 0 Å². The first-order valence-corrected chi connectivity index (χ1v) is 13.5. The van der Waals surface area contributed by atoms with Gasteiger partial charge in [-0.1, -0.05) is 39.5 Å². The van der Waals surface area contributed by atoms with Crippen molar-refractivity contribution in [3.05, 3.63) is 10.6 Å². The maximum atomic E-state index is 13.0. The fourth-order valence-corrected chi connectivity index (χ4v) is 6.76. The van der Waals surface area contributed by atoms with Gasteiger partial charge in [-0.2, -0.15) is 0 Å². The normalized spacial score (nSPS) is 29.8. The summed E-state index contributed by atoms with van der Waals surface area (Å²) < 4.78 is 12.3. The molecule has 0 aliphatic carbocycles. The molecule has 4 atom stereocenters. The Bertz CT molecular complexity index is 666. The van der Waals surface area contributed by atoms with Crippen molar-refractivity contribution >= 4 is 32.0 Å². The molecular formula is C19H31NO5SSi. The van der Waals surface area contributed by atoms with Crippen LogP contribution in [-0.2, 0) is 18.8 Å². The molecule has 1 unspecified atom stereocenters. The Morgan fingerprint density at radius 3 is 2.59 bits per heavy atom. The minimum atomic E-state index is -2.02. The number of β-lactam (4-membered cyclic amide) rings is 1. The number of hydrogen-bond donors (Lipinski definition) is 1. The van der Waals surface area contributed by atoms with Gasteiger partial charge in [0, 0.05) is 11.5 Å². The molecule has 6 nitrogen and oxygen atoms in total. The number of hydrogen-bond acceptors (Lipinski definition) is 5. The molecule has 8 heteroatoms. The average molecular weight is 414 g/mol. The van der Waals surface area contributed by atoms with Gasteiger partial charge >= 0.3 is 5.97 Å². The van der Waals surface area contributed by atoms with Crippen LogP contribution in [0.3, 0.4) is 0 Å². The second kappa shape index (κ2) is 7.20. The number of ether oxygens (including phenoxy) is 1. The Balaban J connectivity index is 1.82. The fourth-order valence-electron chi connectivity index (χ4n) is 3.68. The summed E-state index contributed by atoms with van der Waals surface area (Å²) in [5, 5.41) is 9.59. The Kier molecular flexibility index (Phi) is 5.57. The molecule has 3 aliphatic heterocycles. The van der Waals surface area contributed by atoms with Crippen LogP contribution in [0.5, 0.6) is 0 Å². The molecule has 0 aromatic heterocycles. The smallest absolute Gasteiger partial charge is 0.353 e. The maximum Gasteiger partial charge on any atom is 0.353 e. The number of fused-ring (bicyclic) bond motifs is 1. The molecule has 0 aromatic rings. The predicted molar refractivity (Wildman–Crippen MR) is 108 cm³/mol. The second-order valence-corrected chi connectivity index (χ2v) is 15.0. The number of carbonyl (C=O) groups is 2. The number of carbonyl (C=O) groups excluding carboxylic acids is 1. The van der Waals surface area contributed by atoms with E-state index in [9.17, 15) is 14.7 Å². The third-order valence-corrected chi connectivity index (χ3v) is 12.2. The number of carboxylic acids is 1. The van der Waals surface area contributed by atoms with Gasteiger partial charge in [0.2, 0.25) is 5.91 Å². The lowest BCUT2D eigenvalue weighted by atomic mass is 9.89. The summed E-state index contributed by atoms with van der Waals surface area (Å²) in [5.41, 5.74) is 0.125. The van der Waals surface area contributed by atoms with Crippen molar-refractivity contribution in [3.63, 3.8) is 0 Å². The van der Waals surface area contributed by atoms with Crippen molar-refractivity contribution in [2.45, 2.75) is 82.7 Å². The number of amides is 1. The summed E-state index contributed by atoms with van der Waals surface area (Å²) in [5.74, 6) is -1.45. The third-order valence-electron chi connectivity index (χ3n) is 6.29. The molecule has 3 aliphatic rings. The summed E-state index contributed by atoms with van der Waals surface area (Å²) in [7, 11) is -2.02. The monoisotopic (exact) mass is 413 g/mol. The van der Waals surface area contributed by atoms with Crippen LogP contribution in [0.1, 0.15) is 47.0 Å². The molecule has 27 heavy (non-hydrogen) atoms. The van der Waals surface area contributed by atoms with Gasteiger partial charge in [0.05, 0.1) is 18.1 Å². The van der Waals surface area contributed by atoms with Gasteiger partial charge in [-0.15, -0.1) is 0 Å². The molecular weight excluding hydrogens is 382 g/mol. The van der Waals surface area contributed by atoms with E-state index in [1.165, 1.54) is 16.7 Å². The average Bonchev–Trinajstić information content (AvgIpc) is 3.18. The lowest BCUT2D eigenvalue weighted by molar-refractivity contribution is -0.156. The van der Waals surface area contributed by atoms with E-state index in [-0.39, 0.29) is 40.1 Å². The van der Waals surface area contributed by atoms with Crippen molar-refractivity contribution in [2.75, 3.05) is 6.61 Å². The summed E-state index contributed by atoms with van der Waals surface area (Å²) in [6.45, 7) is 13.6. The Hall–Kier alpha value is -0.833. The Labute approximate surface area is 166 Å². The molecule has 2 saturated heterocycles. The van der Waals surface area contributed by atoms with Crippen molar-refractivity contribution in [3.8, 4) is 0 Å². The van der Waals surface area contributed by atoms with E-state index in [2.05, 4.69) is 33.9 Å². The van der Waals surface area contributed by atoms with Crippen LogP contribution in [-0.4, -0.2) is 54.4 Å². The quantitative estimate of drug-likeness (QED) is 0.527. The molecule has 152 valence electrons. The fraction of sp³-hybridized carbons (Fsp3) is 0.789. The highest BCUT2D eigenvalue weighted by molar-refractivity contribution is 8.04. The van der Waals surface area contributed by atoms with Crippen LogP contribution in [0.15, 0.2) is 10.6 Å². The molecule has 3 heterocycles. The zero-order valence-corrected chi connectivity index (χ0v) is 18.9. The first-order chi connectivity index (χ1) is 12.5. The SMILES string of the molecule is CC[C@@H](O[Si](C)(C)C(C)(C)C)[C@H]1C(=O)N2C(C(=O)O)=C(C3CCCO3)S[C@H]12. The van der Waals surface area contributed by atoms with Crippen molar-refractivity contribution in [1.82, 2.24) is 4.90 Å². The number of rotatable bonds is 6. The molecule has 2 fully saturated rings. The minimum Gasteiger partial charge on any atom is -0.477 e. The van der Waals surface area contributed by atoms with Crippen molar-refractivity contribution in [1.29, 1.82) is 0 Å². The summed E-state index contributed by atoms with van der Waals surface area (Å²) in [6.07, 6.45) is 2.12. The second-order valence-electron chi connectivity index (χ2n) is 9.09. The lowest BCUT2D eigenvalue weighted by Gasteiger charge is -2.48. The van der Waals surface area contributed by atoms with Gasteiger partial charge in [-0.05, 0) is 37.4 Å². The molecule has 0 saturated carbocycles. The number of nitrogens with zero attached hydrogens (tertiary/aromatic N) is 1. The van der Waals surface area contributed by atoms with Crippen molar-refractivity contribution in [2.24, 2.45) is 5.92 Å². The summed E-state index contributed by atoms with van der Waals surface area (Å²) in [4.78, 5) is 27.0. The van der Waals surface area contributed by atoms with Gasteiger partial charge in [0.15, 0.2) is 8.32 Å². The highest BCUT2D eigenvalue weighted by atomic mass is 32.2. The zero-order chi connectivity index (χ0) is 20.1. The van der Waals surface area contributed by atoms with E-state index in [1.54, 1.807) is 0 Å². The molecule has 1 N–H and O–H groups in total. The summed E-state index contributed by atoms with van der Waals surface area (Å²) >= 11 is 1.50. The van der Waals surface area contributed by atoms with Crippen LogP contribution in [0, 0.1) is 5.92 Å². The van der Waals surface area contributed by atoms with E-state index in [4.69, 9.17) is 9.16 Å². The Morgan fingerprint density at radius 1 is 1.44 bits per heavy atom. The lowest BCUT2D eigenvalue weighted by Crippen LogP contribution is -2.63. The highest BCUT2D eigenvalue weighted by Crippen LogP contribution is 2.54. The Morgan fingerprint density at radius 2 is 2.11 bits per heavy atom. The zero-order valence-electron chi connectivity index (χ0n) is 17.1. The number of carboxylic acid groups (broad SMARTS) is 1. The first kappa shape index (κ1) is 20.9. The molecule has 0 bridgehead atoms. The van der Waals surface area contributed by atoms with E-state index >= 15 is 0 Å². The number of aliphatic carboxylic acids is 1. The van der Waals surface area contributed by atoms with Gasteiger partial charge in [0.25, 0.3) is 0 Å². The van der Waals surface area contributed by atoms with Crippen LogP contribution >= 0.6 is 11.8 Å². The van der Waals surface area contributed by atoms with E-state index in [0.717, 1.165) is 19.3 Å². The van der Waals surface area contributed by atoms with Gasteiger partial charge in [-0.3, -0.25) is 9.69 Å². The van der Waals surface area contributed by atoms with Crippen LogP contribution in [0.25, 0.3) is 0 Å². The molecule has 1 amide bonds. The standard InChI is InChI=1S/C19H31NO5SSi/c1-7-11(25-27(5,6)19(2,3)4)13-16(21)20-14(18(22)23)15(26-17(13)20)12-9-8-10-24-12/h11-13,17H,7-10H2,1-6H3,(H,22,23)/t11-,12?,13+,17-/m1/s1. The maximum absolute atomic E-state index is 13.0. The van der Waals surface area contributed by atoms with Gasteiger partial charge in [0.1, 0.15) is 11.1 Å². The molecule has 0 aromatic carbocycles. The van der Waals surface area contributed by atoms with E-state index in [0.29, 0.717) is 11.5 Å². The van der Waals surface area contributed by atoms with E-state index < -0.39 is 14.3 Å². The molecule has 0 spiro atoms. The third kappa shape index (κ3) is 3.49. The topological polar surface area (TPSA) is 76.1 Å². The predicted octanol–water partition coefficient (Wildman–Crippen LogP) is 3.79. The number of thioether (sulfide) groups is 1. The van der Waals surface area contributed by atoms with Crippen LogP contribution < -0.4 is 0 Å². The van der Waals surface area contributed by atoms with Crippen LogP contribution in [0.2, 0.25) is 18.1 Å². The van der Waals surface area contributed by atoms with E-state index in [1.807, 2.05) is 6.92 Å². The van der Waals surface area contributed by atoms with Crippen molar-refractivity contribution < 1.29 is 23.9 Å². The first-order valence-electron chi connectivity index (χ1n) is 9.76. The van der Waals surface area contributed by atoms with Gasteiger partial charge < -0.3 is 14.3 Å². The largest absolute Gasteiger partial charge is 0.477 e. The summed E-state index contributed by atoms with van der Waals surface area (Å²) in [6, 6.07) is 0. The molecule has 3 rings (SSSR count). The van der Waals surface area contributed by atoms with Gasteiger partial charge in [-0.25, -0.2) is 4.79 Å².